The maximum Gasteiger partial charge on any atom is 0.251 e. The van der Waals surface area contributed by atoms with Crippen LogP contribution in [0, 0.1) is 0 Å². The highest BCUT2D eigenvalue weighted by atomic mass is 16.5. The summed E-state index contributed by atoms with van der Waals surface area (Å²) in [5.41, 5.74) is 1.84. The SMILES string of the molecule is COc1cccc(C(C)NCCNC(=O)c2ccccc2)c1. The minimum atomic E-state index is -0.0450. The molecule has 0 saturated heterocycles. The maximum atomic E-state index is 11.9. The molecule has 22 heavy (non-hydrogen) atoms. The Morgan fingerprint density at radius 1 is 1.09 bits per heavy atom. The lowest BCUT2D eigenvalue weighted by Crippen LogP contribution is -2.32. The number of methoxy groups -OCH3 is 1. The van der Waals surface area contributed by atoms with E-state index in [0.717, 1.165) is 11.3 Å². The molecular weight excluding hydrogens is 276 g/mol. The molecule has 4 heteroatoms. The summed E-state index contributed by atoms with van der Waals surface area (Å²) in [6.07, 6.45) is 0. The Morgan fingerprint density at radius 2 is 1.86 bits per heavy atom. The van der Waals surface area contributed by atoms with Crippen molar-refractivity contribution in [1.29, 1.82) is 0 Å². The lowest BCUT2D eigenvalue weighted by Gasteiger charge is -2.15. The van der Waals surface area contributed by atoms with Gasteiger partial charge in [-0.1, -0.05) is 30.3 Å². The third kappa shape index (κ3) is 4.60. The van der Waals surface area contributed by atoms with Crippen LogP contribution < -0.4 is 15.4 Å². The first-order valence-corrected chi connectivity index (χ1v) is 7.41. The molecule has 0 radical (unpaired) electrons. The summed E-state index contributed by atoms with van der Waals surface area (Å²) < 4.78 is 5.23. The molecule has 0 heterocycles. The van der Waals surface area contributed by atoms with Crippen LogP contribution in [0.5, 0.6) is 5.75 Å². The van der Waals surface area contributed by atoms with Crippen molar-refractivity contribution < 1.29 is 9.53 Å². The first-order chi connectivity index (χ1) is 10.7. The van der Waals surface area contributed by atoms with E-state index in [-0.39, 0.29) is 11.9 Å². The van der Waals surface area contributed by atoms with Gasteiger partial charge in [0.1, 0.15) is 5.75 Å². The molecule has 116 valence electrons. The molecule has 2 N–H and O–H groups in total. The molecule has 1 atom stereocenters. The first-order valence-electron chi connectivity index (χ1n) is 7.41. The zero-order valence-electron chi connectivity index (χ0n) is 13.0. The molecule has 1 amide bonds. The number of nitrogens with one attached hydrogen (secondary N) is 2. The Kier molecular flexibility index (Phi) is 5.98. The van der Waals surface area contributed by atoms with Gasteiger partial charge in [-0.3, -0.25) is 4.79 Å². The Balaban J connectivity index is 1.75. The van der Waals surface area contributed by atoms with Crippen molar-refractivity contribution in [3.05, 3.63) is 65.7 Å². The van der Waals surface area contributed by atoms with Gasteiger partial charge in [0.2, 0.25) is 0 Å². The molecule has 0 aliphatic rings. The molecule has 0 aliphatic carbocycles. The lowest BCUT2D eigenvalue weighted by molar-refractivity contribution is 0.0953. The van der Waals surface area contributed by atoms with Crippen molar-refractivity contribution in [3.63, 3.8) is 0 Å². The van der Waals surface area contributed by atoms with E-state index in [1.165, 1.54) is 0 Å². The topological polar surface area (TPSA) is 50.4 Å². The highest BCUT2D eigenvalue weighted by Gasteiger charge is 2.06. The summed E-state index contributed by atoms with van der Waals surface area (Å²) in [6, 6.07) is 17.4. The molecule has 0 bridgehead atoms. The van der Waals surface area contributed by atoms with Gasteiger partial charge in [0.05, 0.1) is 7.11 Å². The van der Waals surface area contributed by atoms with Crippen LogP contribution >= 0.6 is 0 Å². The standard InChI is InChI=1S/C18H22N2O2/c1-14(16-9-6-10-17(13-16)22-2)19-11-12-20-18(21)15-7-4-3-5-8-15/h3-10,13-14,19H,11-12H2,1-2H3,(H,20,21). The van der Waals surface area contributed by atoms with Crippen LogP contribution in [0.3, 0.4) is 0 Å². The summed E-state index contributed by atoms with van der Waals surface area (Å²) >= 11 is 0. The average molecular weight is 298 g/mol. The van der Waals surface area contributed by atoms with Crippen LogP contribution in [0.25, 0.3) is 0 Å². The van der Waals surface area contributed by atoms with Crippen molar-refractivity contribution in [2.45, 2.75) is 13.0 Å². The Labute approximate surface area is 131 Å². The number of hydrogen-bond acceptors (Lipinski definition) is 3. The van der Waals surface area contributed by atoms with Gasteiger partial charge in [-0.25, -0.2) is 0 Å². The monoisotopic (exact) mass is 298 g/mol. The molecule has 0 aliphatic heterocycles. The van der Waals surface area contributed by atoms with Crippen LogP contribution in [0.4, 0.5) is 0 Å². The van der Waals surface area contributed by atoms with Gasteiger partial charge in [-0.05, 0) is 36.8 Å². The summed E-state index contributed by atoms with van der Waals surface area (Å²) in [5, 5.41) is 6.29. The molecule has 2 rings (SSSR count). The third-order valence-corrected chi connectivity index (χ3v) is 3.49. The minimum Gasteiger partial charge on any atom is -0.497 e. The zero-order chi connectivity index (χ0) is 15.8. The second-order valence-corrected chi connectivity index (χ2v) is 5.07. The van der Waals surface area contributed by atoms with Crippen LogP contribution in [-0.4, -0.2) is 26.1 Å². The Morgan fingerprint density at radius 3 is 2.59 bits per heavy atom. The van der Waals surface area contributed by atoms with E-state index in [9.17, 15) is 4.79 Å². The number of hydrogen-bond donors (Lipinski definition) is 2. The van der Waals surface area contributed by atoms with Gasteiger partial charge < -0.3 is 15.4 Å². The fourth-order valence-corrected chi connectivity index (χ4v) is 2.19. The number of benzene rings is 2. The maximum absolute atomic E-state index is 11.9. The van der Waals surface area contributed by atoms with E-state index in [0.29, 0.717) is 18.7 Å². The second kappa shape index (κ2) is 8.20. The number of amides is 1. The summed E-state index contributed by atoms with van der Waals surface area (Å²) in [7, 11) is 1.66. The van der Waals surface area contributed by atoms with Gasteiger partial charge in [0.25, 0.3) is 5.91 Å². The molecule has 0 saturated carbocycles. The van der Waals surface area contributed by atoms with Crippen LogP contribution in [-0.2, 0) is 0 Å². The van der Waals surface area contributed by atoms with E-state index in [4.69, 9.17) is 4.74 Å². The van der Waals surface area contributed by atoms with Gasteiger partial charge in [-0.15, -0.1) is 0 Å². The van der Waals surface area contributed by atoms with E-state index in [1.54, 1.807) is 7.11 Å². The molecule has 4 nitrogen and oxygen atoms in total. The van der Waals surface area contributed by atoms with Crippen molar-refractivity contribution >= 4 is 5.91 Å². The zero-order valence-corrected chi connectivity index (χ0v) is 13.0. The van der Waals surface area contributed by atoms with E-state index < -0.39 is 0 Å². The fraction of sp³-hybridized carbons (Fsp3) is 0.278. The molecule has 0 spiro atoms. The third-order valence-electron chi connectivity index (χ3n) is 3.49. The number of ether oxygens (including phenoxy) is 1. The van der Waals surface area contributed by atoms with Crippen LogP contribution in [0.1, 0.15) is 28.9 Å². The largest absolute Gasteiger partial charge is 0.497 e. The smallest absolute Gasteiger partial charge is 0.251 e. The number of carbonyl (C=O) groups excluding carboxylic acids is 1. The first kappa shape index (κ1) is 16.0. The van der Waals surface area contributed by atoms with Gasteiger partial charge in [0.15, 0.2) is 0 Å². The second-order valence-electron chi connectivity index (χ2n) is 5.07. The number of carbonyl (C=O) groups is 1. The molecular formula is C18H22N2O2. The molecule has 1 unspecified atom stereocenters. The van der Waals surface area contributed by atoms with E-state index in [2.05, 4.69) is 23.6 Å². The highest BCUT2D eigenvalue weighted by molar-refractivity contribution is 5.94. The molecule has 2 aromatic carbocycles. The molecule has 0 aromatic heterocycles. The van der Waals surface area contributed by atoms with E-state index >= 15 is 0 Å². The predicted octanol–water partition coefficient (Wildman–Crippen LogP) is 2.78. The van der Waals surface area contributed by atoms with Crippen molar-refractivity contribution in [2.75, 3.05) is 20.2 Å². The lowest BCUT2D eigenvalue weighted by atomic mass is 10.1. The van der Waals surface area contributed by atoms with Gasteiger partial charge in [0, 0.05) is 24.7 Å². The quantitative estimate of drug-likeness (QED) is 0.773. The van der Waals surface area contributed by atoms with Crippen molar-refractivity contribution in [2.24, 2.45) is 0 Å². The summed E-state index contributed by atoms with van der Waals surface area (Å²) in [5.74, 6) is 0.806. The fourth-order valence-electron chi connectivity index (χ4n) is 2.19. The van der Waals surface area contributed by atoms with Crippen molar-refractivity contribution in [3.8, 4) is 5.75 Å². The van der Waals surface area contributed by atoms with E-state index in [1.807, 2.05) is 48.5 Å². The normalized spacial score (nSPS) is 11.7. The minimum absolute atomic E-state index is 0.0450. The van der Waals surface area contributed by atoms with Crippen LogP contribution in [0.2, 0.25) is 0 Å². The average Bonchev–Trinajstić information content (AvgIpc) is 2.59. The van der Waals surface area contributed by atoms with Crippen LogP contribution in [0.15, 0.2) is 54.6 Å². The predicted molar refractivity (Wildman–Crippen MR) is 88.2 cm³/mol. The summed E-state index contributed by atoms with van der Waals surface area (Å²) in [4.78, 5) is 11.9. The Hall–Kier alpha value is -2.33. The van der Waals surface area contributed by atoms with Gasteiger partial charge in [-0.2, -0.15) is 0 Å². The van der Waals surface area contributed by atoms with Crippen molar-refractivity contribution in [1.82, 2.24) is 10.6 Å². The van der Waals surface area contributed by atoms with Gasteiger partial charge >= 0.3 is 0 Å². The highest BCUT2D eigenvalue weighted by Crippen LogP contribution is 2.18. The molecule has 2 aromatic rings. The Bertz CT molecular complexity index is 599. The summed E-state index contributed by atoms with van der Waals surface area (Å²) in [6.45, 7) is 3.38. The number of rotatable bonds is 7. The molecule has 0 fully saturated rings.